The number of hydrogen-bond donors (Lipinski definition) is 2. The van der Waals surface area contributed by atoms with Crippen LogP contribution >= 0.6 is 11.3 Å². The van der Waals surface area contributed by atoms with E-state index in [9.17, 15) is 0 Å². The molecule has 3 rings (SSSR count). The van der Waals surface area contributed by atoms with Gasteiger partial charge in [-0.05, 0) is 17.5 Å². The minimum Gasteiger partial charge on any atom is -0.271 e. The summed E-state index contributed by atoms with van der Waals surface area (Å²) >= 11 is 1.69. The first-order chi connectivity index (χ1) is 8.38. The van der Waals surface area contributed by atoms with E-state index in [1.54, 1.807) is 11.3 Å². The number of hydrogen-bond acceptors (Lipinski definition) is 4. The average Bonchev–Trinajstić information content (AvgIpc) is 2.82. The topological polar surface area (TPSA) is 50.9 Å². The highest BCUT2D eigenvalue weighted by molar-refractivity contribution is 7.09. The van der Waals surface area contributed by atoms with Gasteiger partial charge in [0.05, 0.1) is 5.51 Å². The molecule has 17 heavy (non-hydrogen) atoms. The third kappa shape index (κ3) is 1.99. The predicted molar refractivity (Wildman–Crippen MR) is 69.8 cm³/mol. The highest BCUT2D eigenvalue weighted by Crippen LogP contribution is 2.38. The van der Waals surface area contributed by atoms with E-state index in [4.69, 9.17) is 5.84 Å². The molecule has 0 fully saturated rings. The molecule has 3 nitrogen and oxygen atoms in total. The molecular formula is C13H15N3S. The van der Waals surface area contributed by atoms with Crippen molar-refractivity contribution in [2.75, 3.05) is 0 Å². The van der Waals surface area contributed by atoms with Gasteiger partial charge in [0.25, 0.3) is 0 Å². The van der Waals surface area contributed by atoms with Crippen molar-refractivity contribution in [3.05, 3.63) is 52.0 Å². The Morgan fingerprint density at radius 3 is 3.06 bits per heavy atom. The van der Waals surface area contributed by atoms with Crippen molar-refractivity contribution in [2.45, 2.75) is 24.8 Å². The molecule has 2 aromatic rings. The van der Waals surface area contributed by atoms with Gasteiger partial charge >= 0.3 is 0 Å². The molecule has 88 valence electrons. The molecule has 0 amide bonds. The van der Waals surface area contributed by atoms with Crippen LogP contribution in [-0.2, 0) is 12.8 Å². The second kappa shape index (κ2) is 4.56. The van der Waals surface area contributed by atoms with Crippen molar-refractivity contribution in [1.82, 2.24) is 10.4 Å². The lowest BCUT2D eigenvalue weighted by Gasteiger charge is -2.36. The standard InChI is InChI=1S/C13H15N3S/c14-16-13(6-10-7-15-8-17-10)12-5-9-3-1-2-4-11(9)12/h1-4,7-8,12-13,16H,5-6,14H2. The molecule has 0 saturated carbocycles. The molecular weight excluding hydrogens is 230 g/mol. The molecule has 2 unspecified atom stereocenters. The SMILES string of the molecule is NNC(Cc1cncs1)C1Cc2ccccc21. The number of aromatic nitrogens is 1. The summed E-state index contributed by atoms with van der Waals surface area (Å²) in [7, 11) is 0. The Morgan fingerprint density at radius 1 is 1.47 bits per heavy atom. The zero-order valence-corrected chi connectivity index (χ0v) is 10.3. The monoisotopic (exact) mass is 245 g/mol. The van der Waals surface area contributed by atoms with E-state index in [2.05, 4.69) is 34.7 Å². The van der Waals surface area contributed by atoms with Crippen molar-refractivity contribution in [3.63, 3.8) is 0 Å². The smallest absolute Gasteiger partial charge is 0.0794 e. The Kier molecular flexibility index (Phi) is 2.93. The first-order valence-electron chi connectivity index (χ1n) is 5.80. The van der Waals surface area contributed by atoms with E-state index < -0.39 is 0 Å². The number of rotatable bonds is 4. The summed E-state index contributed by atoms with van der Waals surface area (Å²) in [6.07, 6.45) is 4.02. The van der Waals surface area contributed by atoms with E-state index in [0.29, 0.717) is 12.0 Å². The Morgan fingerprint density at radius 2 is 2.35 bits per heavy atom. The highest BCUT2D eigenvalue weighted by Gasteiger charge is 2.32. The Bertz CT molecular complexity index is 495. The van der Waals surface area contributed by atoms with Gasteiger partial charge in [-0.2, -0.15) is 0 Å². The molecule has 0 bridgehead atoms. The maximum Gasteiger partial charge on any atom is 0.0794 e. The minimum absolute atomic E-state index is 0.311. The van der Waals surface area contributed by atoms with Crippen LogP contribution in [0.25, 0.3) is 0 Å². The average molecular weight is 245 g/mol. The maximum absolute atomic E-state index is 5.69. The number of hydrazine groups is 1. The molecule has 1 aromatic heterocycles. The fourth-order valence-electron chi connectivity index (χ4n) is 2.53. The molecule has 0 radical (unpaired) electrons. The van der Waals surface area contributed by atoms with Crippen molar-refractivity contribution in [2.24, 2.45) is 5.84 Å². The molecule has 3 N–H and O–H groups in total. The first-order valence-corrected chi connectivity index (χ1v) is 6.67. The van der Waals surface area contributed by atoms with Gasteiger partial charge in [0, 0.05) is 29.5 Å². The molecule has 1 aliphatic rings. The molecule has 4 heteroatoms. The first kappa shape index (κ1) is 10.9. The Labute approximate surface area is 105 Å². The Balaban J connectivity index is 1.76. The number of nitrogens with two attached hydrogens (primary N) is 1. The lowest BCUT2D eigenvalue weighted by Crippen LogP contribution is -2.45. The summed E-state index contributed by atoms with van der Waals surface area (Å²) in [6, 6.07) is 8.92. The molecule has 1 aliphatic carbocycles. The molecule has 0 aliphatic heterocycles. The lowest BCUT2D eigenvalue weighted by molar-refractivity contribution is 0.405. The number of nitrogens with one attached hydrogen (secondary N) is 1. The summed E-state index contributed by atoms with van der Waals surface area (Å²) < 4.78 is 0. The van der Waals surface area contributed by atoms with Crippen LogP contribution in [0.3, 0.4) is 0 Å². The van der Waals surface area contributed by atoms with E-state index in [-0.39, 0.29) is 0 Å². The van der Waals surface area contributed by atoms with Gasteiger partial charge in [-0.1, -0.05) is 24.3 Å². The quantitative estimate of drug-likeness (QED) is 0.638. The van der Waals surface area contributed by atoms with E-state index in [0.717, 1.165) is 12.8 Å². The van der Waals surface area contributed by atoms with Crippen molar-refractivity contribution in [1.29, 1.82) is 0 Å². The van der Waals surface area contributed by atoms with Gasteiger partial charge in [-0.15, -0.1) is 11.3 Å². The van der Waals surface area contributed by atoms with E-state index >= 15 is 0 Å². The molecule has 0 spiro atoms. The van der Waals surface area contributed by atoms with Crippen LogP contribution in [0.1, 0.15) is 21.9 Å². The second-order valence-electron chi connectivity index (χ2n) is 4.45. The summed E-state index contributed by atoms with van der Waals surface area (Å²) in [5.41, 5.74) is 7.74. The Hall–Kier alpha value is -1.23. The van der Waals surface area contributed by atoms with Gasteiger partial charge in [0.2, 0.25) is 0 Å². The van der Waals surface area contributed by atoms with Crippen LogP contribution in [0.2, 0.25) is 0 Å². The van der Waals surface area contributed by atoms with E-state index in [1.165, 1.54) is 16.0 Å². The lowest BCUT2D eigenvalue weighted by atomic mass is 9.73. The fraction of sp³-hybridized carbons (Fsp3) is 0.308. The van der Waals surface area contributed by atoms with Crippen molar-refractivity contribution in [3.8, 4) is 0 Å². The van der Waals surface area contributed by atoms with Crippen molar-refractivity contribution < 1.29 is 0 Å². The van der Waals surface area contributed by atoms with Gasteiger partial charge in [0.1, 0.15) is 0 Å². The van der Waals surface area contributed by atoms with Crippen LogP contribution < -0.4 is 11.3 Å². The molecule has 2 atom stereocenters. The van der Waals surface area contributed by atoms with Gasteiger partial charge in [0.15, 0.2) is 0 Å². The summed E-state index contributed by atoms with van der Waals surface area (Å²) in [5, 5.41) is 0. The van der Waals surface area contributed by atoms with Crippen LogP contribution in [0.5, 0.6) is 0 Å². The zero-order chi connectivity index (χ0) is 11.7. The fourth-order valence-corrected chi connectivity index (χ4v) is 3.19. The van der Waals surface area contributed by atoms with Crippen molar-refractivity contribution >= 4 is 11.3 Å². The molecule has 1 heterocycles. The van der Waals surface area contributed by atoms with Crippen LogP contribution in [0.15, 0.2) is 36.0 Å². The van der Waals surface area contributed by atoms with Crippen LogP contribution in [-0.4, -0.2) is 11.0 Å². The van der Waals surface area contributed by atoms with E-state index in [1.807, 2.05) is 11.7 Å². The summed E-state index contributed by atoms with van der Waals surface area (Å²) in [6.45, 7) is 0. The zero-order valence-electron chi connectivity index (χ0n) is 9.47. The minimum atomic E-state index is 0.311. The third-order valence-electron chi connectivity index (χ3n) is 3.50. The number of fused-ring (bicyclic) bond motifs is 1. The normalized spacial score (nSPS) is 19.5. The van der Waals surface area contributed by atoms with Gasteiger partial charge < -0.3 is 0 Å². The highest BCUT2D eigenvalue weighted by atomic mass is 32.1. The van der Waals surface area contributed by atoms with Crippen LogP contribution in [0, 0.1) is 0 Å². The third-order valence-corrected chi connectivity index (χ3v) is 4.30. The number of benzene rings is 1. The van der Waals surface area contributed by atoms with Gasteiger partial charge in [-0.25, -0.2) is 0 Å². The summed E-state index contributed by atoms with van der Waals surface area (Å²) in [5.74, 6) is 6.23. The maximum atomic E-state index is 5.69. The molecule has 0 saturated heterocycles. The number of nitrogens with zero attached hydrogens (tertiary/aromatic N) is 1. The summed E-state index contributed by atoms with van der Waals surface area (Å²) in [4.78, 5) is 5.40. The van der Waals surface area contributed by atoms with Gasteiger partial charge in [-0.3, -0.25) is 16.3 Å². The number of thiazole rings is 1. The second-order valence-corrected chi connectivity index (χ2v) is 5.43. The van der Waals surface area contributed by atoms with Crippen LogP contribution in [0.4, 0.5) is 0 Å². The predicted octanol–water partition coefficient (Wildman–Crippen LogP) is 1.86. The molecule has 1 aromatic carbocycles. The largest absolute Gasteiger partial charge is 0.271 e.